The average Bonchev–Trinajstić information content (AvgIpc) is 3.45. The topological polar surface area (TPSA) is 129 Å². The number of hydrogen-bond acceptors (Lipinski definition) is 8. The van der Waals surface area contributed by atoms with Crippen LogP contribution in [0.1, 0.15) is 73.5 Å². The maximum absolute atomic E-state index is 13.8. The van der Waals surface area contributed by atoms with Crippen molar-refractivity contribution < 1.29 is 33.4 Å². The molecule has 2 aliphatic rings. The summed E-state index contributed by atoms with van der Waals surface area (Å²) in [7, 11) is 3.75. The van der Waals surface area contributed by atoms with Crippen LogP contribution in [0.3, 0.4) is 0 Å². The fourth-order valence-corrected chi connectivity index (χ4v) is 6.63. The first-order valence-electron chi connectivity index (χ1n) is 18.8. The van der Waals surface area contributed by atoms with Crippen molar-refractivity contribution in [2.45, 2.75) is 32.1 Å². The zero-order valence-electron chi connectivity index (χ0n) is 31.4. The SMILES string of the molecule is CN1CCN(C(=O)CCCCCOc2ccccc2N(C)C(=O)c2ccccc2NC(=O)c2ccc(OCCCN3C(=O)c4ccccc4C3=O)cc2)CC1. The highest BCUT2D eigenvalue weighted by atomic mass is 16.5. The number of fused-ring (bicyclic) bond motifs is 1. The number of amides is 5. The molecule has 0 saturated carbocycles. The van der Waals surface area contributed by atoms with E-state index in [0.717, 1.165) is 45.4 Å². The van der Waals surface area contributed by atoms with Crippen molar-refractivity contribution in [3.05, 3.63) is 119 Å². The van der Waals surface area contributed by atoms with Crippen LogP contribution in [0.4, 0.5) is 11.4 Å². The lowest BCUT2D eigenvalue weighted by Gasteiger charge is -2.32. The summed E-state index contributed by atoms with van der Waals surface area (Å²) in [6.07, 6.45) is 3.43. The normalized spacial score (nSPS) is 14.1. The molecule has 286 valence electrons. The third kappa shape index (κ3) is 9.57. The van der Waals surface area contributed by atoms with Gasteiger partial charge in [0.25, 0.3) is 23.6 Å². The molecular formula is C43H47N5O7. The Hall–Kier alpha value is -6.01. The van der Waals surface area contributed by atoms with Crippen LogP contribution in [0.25, 0.3) is 0 Å². The van der Waals surface area contributed by atoms with E-state index in [0.29, 0.717) is 64.6 Å². The zero-order valence-corrected chi connectivity index (χ0v) is 31.4. The Labute approximate surface area is 321 Å². The second-order valence-electron chi connectivity index (χ2n) is 13.7. The molecular weight excluding hydrogens is 699 g/mol. The Morgan fingerprint density at radius 2 is 1.35 bits per heavy atom. The first-order chi connectivity index (χ1) is 26.7. The number of ether oxygens (including phenoxy) is 2. The van der Waals surface area contributed by atoms with Gasteiger partial charge in [0.1, 0.15) is 11.5 Å². The molecule has 2 heterocycles. The monoisotopic (exact) mass is 745 g/mol. The first kappa shape index (κ1) is 38.7. The fourth-order valence-electron chi connectivity index (χ4n) is 6.63. The standard InChI is InChI=1S/C43H47N5O7/c1-45-25-27-47(28-26-45)39(49)19-4-3-11-29-55-38-18-10-9-17-37(38)46(2)41(51)35-15-7-8-16-36(35)44-40(50)31-20-22-32(23-21-31)54-30-12-24-48-42(52)33-13-5-6-14-34(33)43(48)53/h5-10,13-18,20-23H,3-4,11-12,19,24-30H2,1-2H3,(H,44,50). The number of nitrogens with zero attached hydrogens (tertiary/aromatic N) is 4. The third-order valence-corrected chi connectivity index (χ3v) is 9.87. The van der Waals surface area contributed by atoms with Crippen LogP contribution in [0.15, 0.2) is 97.1 Å². The predicted molar refractivity (Wildman–Crippen MR) is 210 cm³/mol. The summed E-state index contributed by atoms with van der Waals surface area (Å²) in [5, 5.41) is 2.88. The summed E-state index contributed by atoms with van der Waals surface area (Å²) in [5.74, 6) is 0.0114. The van der Waals surface area contributed by atoms with Gasteiger partial charge in [-0.3, -0.25) is 28.9 Å². The molecule has 0 bridgehead atoms. The van der Waals surface area contributed by atoms with E-state index in [1.165, 1.54) is 9.80 Å². The van der Waals surface area contributed by atoms with Gasteiger partial charge in [0.2, 0.25) is 5.91 Å². The quantitative estimate of drug-likeness (QED) is 0.109. The number of likely N-dealkylation sites (N-methyl/N-ethyl adjacent to an activating group) is 1. The van der Waals surface area contributed by atoms with Crippen molar-refractivity contribution in [1.29, 1.82) is 0 Å². The molecule has 4 aromatic rings. The largest absolute Gasteiger partial charge is 0.494 e. The number of imide groups is 1. The number of nitrogens with one attached hydrogen (secondary N) is 1. The van der Waals surface area contributed by atoms with Gasteiger partial charge in [0.05, 0.1) is 41.3 Å². The van der Waals surface area contributed by atoms with Crippen LogP contribution in [0, 0.1) is 0 Å². The van der Waals surface area contributed by atoms with Crippen molar-refractivity contribution in [2.24, 2.45) is 0 Å². The maximum atomic E-state index is 13.8. The molecule has 12 heteroatoms. The van der Waals surface area contributed by atoms with Gasteiger partial charge in [0.15, 0.2) is 0 Å². The van der Waals surface area contributed by atoms with Crippen LogP contribution in [0.5, 0.6) is 11.5 Å². The highest BCUT2D eigenvalue weighted by molar-refractivity contribution is 6.21. The Morgan fingerprint density at radius 3 is 2.07 bits per heavy atom. The van der Waals surface area contributed by atoms with Crippen LogP contribution >= 0.6 is 0 Å². The Morgan fingerprint density at radius 1 is 0.709 bits per heavy atom. The maximum Gasteiger partial charge on any atom is 0.261 e. The average molecular weight is 746 g/mol. The van der Waals surface area contributed by atoms with Gasteiger partial charge in [-0.15, -0.1) is 0 Å². The van der Waals surface area contributed by atoms with E-state index < -0.39 is 5.91 Å². The number of benzene rings is 4. The van der Waals surface area contributed by atoms with Gasteiger partial charge in [-0.25, -0.2) is 0 Å². The van der Waals surface area contributed by atoms with Crippen molar-refractivity contribution in [3.8, 4) is 11.5 Å². The fraction of sp³-hybridized carbons (Fsp3) is 0.326. The molecule has 0 aromatic heterocycles. The molecule has 1 N–H and O–H groups in total. The highest BCUT2D eigenvalue weighted by Crippen LogP contribution is 2.30. The summed E-state index contributed by atoms with van der Waals surface area (Å²) in [6.45, 7) is 4.37. The molecule has 5 amide bonds. The molecule has 2 aliphatic heterocycles. The molecule has 4 aromatic carbocycles. The number of para-hydroxylation sites is 3. The summed E-state index contributed by atoms with van der Waals surface area (Å²) in [5.41, 5.74) is 2.48. The minimum atomic E-state index is -0.394. The Balaban J connectivity index is 0.967. The molecule has 0 spiro atoms. The van der Waals surface area contributed by atoms with Gasteiger partial charge in [-0.2, -0.15) is 0 Å². The molecule has 1 saturated heterocycles. The van der Waals surface area contributed by atoms with Gasteiger partial charge < -0.3 is 29.5 Å². The second kappa shape index (κ2) is 18.4. The van der Waals surface area contributed by atoms with Crippen LogP contribution < -0.4 is 19.7 Å². The predicted octanol–water partition coefficient (Wildman–Crippen LogP) is 5.99. The number of piperazine rings is 1. The second-order valence-corrected chi connectivity index (χ2v) is 13.7. The lowest BCUT2D eigenvalue weighted by molar-refractivity contribution is -0.132. The number of unbranched alkanes of at least 4 members (excludes halogenated alkanes) is 2. The van der Waals surface area contributed by atoms with E-state index in [1.54, 1.807) is 79.8 Å². The van der Waals surface area contributed by atoms with Crippen molar-refractivity contribution in [3.63, 3.8) is 0 Å². The van der Waals surface area contributed by atoms with Crippen molar-refractivity contribution in [2.75, 3.05) is 70.2 Å². The van der Waals surface area contributed by atoms with Gasteiger partial charge >= 0.3 is 0 Å². The van der Waals surface area contributed by atoms with E-state index in [-0.39, 0.29) is 36.8 Å². The lowest BCUT2D eigenvalue weighted by Crippen LogP contribution is -2.47. The summed E-state index contributed by atoms with van der Waals surface area (Å²) < 4.78 is 11.9. The summed E-state index contributed by atoms with van der Waals surface area (Å²) >= 11 is 0. The molecule has 1 fully saturated rings. The number of carbonyl (C=O) groups is 5. The minimum absolute atomic E-state index is 0.215. The van der Waals surface area contributed by atoms with E-state index in [2.05, 4.69) is 17.3 Å². The number of anilines is 2. The number of hydrogen-bond donors (Lipinski definition) is 1. The Bertz CT molecular complexity index is 1970. The van der Waals surface area contributed by atoms with Crippen LogP contribution in [-0.2, 0) is 4.79 Å². The van der Waals surface area contributed by atoms with E-state index in [1.807, 2.05) is 29.2 Å². The Kier molecular flexibility index (Phi) is 12.9. The smallest absolute Gasteiger partial charge is 0.261 e. The lowest BCUT2D eigenvalue weighted by atomic mass is 10.1. The molecule has 0 unspecified atom stereocenters. The van der Waals surface area contributed by atoms with Crippen molar-refractivity contribution in [1.82, 2.24) is 14.7 Å². The van der Waals surface area contributed by atoms with Crippen LogP contribution in [-0.4, -0.2) is 104 Å². The zero-order chi connectivity index (χ0) is 38.7. The van der Waals surface area contributed by atoms with Gasteiger partial charge in [-0.1, -0.05) is 36.4 Å². The first-order valence-corrected chi connectivity index (χ1v) is 18.8. The van der Waals surface area contributed by atoms with Crippen molar-refractivity contribution >= 4 is 40.9 Å². The highest BCUT2D eigenvalue weighted by Gasteiger charge is 2.34. The molecule has 6 rings (SSSR count). The summed E-state index contributed by atoms with van der Waals surface area (Å²) in [6, 6.07) is 27.6. The third-order valence-electron chi connectivity index (χ3n) is 9.87. The minimum Gasteiger partial charge on any atom is -0.494 e. The van der Waals surface area contributed by atoms with E-state index >= 15 is 0 Å². The molecule has 12 nitrogen and oxygen atoms in total. The molecule has 0 aliphatic carbocycles. The number of rotatable bonds is 16. The van der Waals surface area contributed by atoms with E-state index in [9.17, 15) is 24.0 Å². The molecule has 55 heavy (non-hydrogen) atoms. The number of carbonyl (C=O) groups excluding carboxylic acids is 5. The van der Waals surface area contributed by atoms with Gasteiger partial charge in [0, 0.05) is 51.8 Å². The molecule has 0 radical (unpaired) electrons. The summed E-state index contributed by atoms with van der Waals surface area (Å²) in [4.78, 5) is 71.7. The van der Waals surface area contributed by atoms with Crippen LogP contribution in [0.2, 0.25) is 0 Å². The van der Waals surface area contributed by atoms with E-state index in [4.69, 9.17) is 9.47 Å². The van der Waals surface area contributed by atoms with Gasteiger partial charge in [-0.05, 0) is 93.4 Å². The molecule has 0 atom stereocenters.